The van der Waals surface area contributed by atoms with Crippen LogP contribution in [0.15, 0.2) is 18.2 Å². The summed E-state index contributed by atoms with van der Waals surface area (Å²) in [5.74, 6) is 0. The molecule has 1 heterocycles. The Hall–Kier alpha value is -0.890. The minimum atomic E-state index is -0.322. The predicted molar refractivity (Wildman–Crippen MR) is 75.2 cm³/mol. The van der Waals surface area contributed by atoms with E-state index in [1.807, 2.05) is 17.0 Å². The van der Waals surface area contributed by atoms with Crippen molar-refractivity contribution in [2.75, 3.05) is 18.0 Å². The molecule has 0 amide bonds. The average molecular weight is 347 g/mol. The number of nitrogens with zero attached hydrogens (tertiary/aromatic N) is 2. The number of nitro groups is 1. The zero-order chi connectivity index (χ0) is 12.4. The van der Waals surface area contributed by atoms with Gasteiger partial charge in [-0.25, -0.2) is 0 Å². The molecule has 1 aliphatic rings. The highest BCUT2D eigenvalue weighted by Gasteiger charge is 2.23. The molecule has 1 saturated heterocycles. The first-order valence-electron chi connectivity index (χ1n) is 5.52. The van der Waals surface area contributed by atoms with Crippen molar-refractivity contribution in [1.29, 1.82) is 0 Å². The van der Waals surface area contributed by atoms with Crippen LogP contribution in [0.1, 0.15) is 12.8 Å². The molecular formula is C11H14IN3O2. The molecule has 0 bridgehead atoms. The van der Waals surface area contributed by atoms with Gasteiger partial charge in [0.2, 0.25) is 0 Å². The van der Waals surface area contributed by atoms with Crippen LogP contribution in [0.25, 0.3) is 0 Å². The summed E-state index contributed by atoms with van der Waals surface area (Å²) >= 11 is 2.08. The molecule has 1 fully saturated rings. The number of hydrogen-bond donors (Lipinski definition) is 1. The average Bonchev–Trinajstić information content (AvgIpc) is 2.28. The molecule has 2 rings (SSSR count). The van der Waals surface area contributed by atoms with Crippen molar-refractivity contribution in [3.8, 4) is 0 Å². The lowest BCUT2D eigenvalue weighted by Crippen LogP contribution is -2.43. The number of piperidine rings is 1. The highest BCUT2D eigenvalue weighted by Crippen LogP contribution is 2.31. The van der Waals surface area contributed by atoms with E-state index < -0.39 is 0 Å². The van der Waals surface area contributed by atoms with E-state index in [-0.39, 0.29) is 16.7 Å². The zero-order valence-corrected chi connectivity index (χ0v) is 11.5. The second-order valence-corrected chi connectivity index (χ2v) is 5.48. The maximum atomic E-state index is 11.0. The molecule has 92 valence electrons. The highest BCUT2D eigenvalue weighted by atomic mass is 127. The van der Waals surface area contributed by atoms with Gasteiger partial charge in [0.05, 0.1) is 4.92 Å². The number of nitro benzene ring substituents is 1. The third-order valence-electron chi connectivity index (χ3n) is 2.93. The van der Waals surface area contributed by atoms with Gasteiger partial charge in [-0.3, -0.25) is 10.1 Å². The van der Waals surface area contributed by atoms with Crippen molar-refractivity contribution in [3.63, 3.8) is 0 Å². The minimum absolute atomic E-state index is 0.114. The smallest absolute Gasteiger partial charge is 0.293 e. The van der Waals surface area contributed by atoms with Gasteiger partial charge >= 0.3 is 0 Å². The fourth-order valence-corrected chi connectivity index (χ4v) is 2.61. The van der Waals surface area contributed by atoms with Gasteiger partial charge in [0.1, 0.15) is 5.69 Å². The normalized spacial score (nSPS) is 20.4. The van der Waals surface area contributed by atoms with Crippen molar-refractivity contribution in [1.82, 2.24) is 0 Å². The third-order valence-corrected chi connectivity index (χ3v) is 3.60. The molecule has 0 aromatic heterocycles. The van der Waals surface area contributed by atoms with Crippen molar-refractivity contribution < 1.29 is 4.92 Å². The van der Waals surface area contributed by atoms with Crippen LogP contribution < -0.4 is 10.6 Å². The van der Waals surface area contributed by atoms with Gasteiger partial charge in [-0.1, -0.05) is 0 Å². The molecule has 1 aliphatic heterocycles. The molecule has 1 unspecified atom stereocenters. The number of nitrogens with two attached hydrogens (primary N) is 1. The minimum Gasteiger partial charge on any atom is -0.364 e. The van der Waals surface area contributed by atoms with E-state index in [0.29, 0.717) is 12.2 Å². The van der Waals surface area contributed by atoms with E-state index >= 15 is 0 Å². The summed E-state index contributed by atoms with van der Waals surface area (Å²) in [7, 11) is 0. The van der Waals surface area contributed by atoms with E-state index in [1.54, 1.807) is 6.07 Å². The van der Waals surface area contributed by atoms with Gasteiger partial charge in [-0.2, -0.15) is 0 Å². The first-order valence-corrected chi connectivity index (χ1v) is 6.60. The lowest BCUT2D eigenvalue weighted by atomic mass is 10.1. The Morgan fingerprint density at radius 3 is 2.94 bits per heavy atom. The third kappa shape index (κ3) is 2.86. The number of benzene rings is 1. The quantitative estimate of drug-likeness (QED) is 0.505. The number of halogens is 1. The van der Waals surface area contributed by atoms with Crippen LogP contribution in [-0.2, 0) is 0 Å². The van der Waals surface area contributed by atoms with Gasteiger partial charge in [-0.05, 0) is 47.6 Å². The monoisotopic (exact) mass is 347 g/mol. The van der Waals surface area contributed by atoms with Gasteiger partial charge in [0, 0.05) is 28.8 Å². The Morgan fingerprint density at radius 2 is 2.29 bits per heavy atom. The standard InChI is InChI=1S/C11H14IN3O2/c12-8-3-4-10(11(6-8)15(16)17)14-5-1-2-9(13)7-14/h3-4,6,9H,1-2,5,7,13H2. The summed E-state index contributed by atoms with van der Waals surface area (Å²) in [6, 6.07) is 5.43. The van der Waals surface area contributed by atoms with E-state index in [0.717, 1.165) is 23.0 Å². The van der Waals surface area contributed by atoms with Crippen molar-refractivity contribution in [2.24, 2.45) is 5.73 Å². The van der Waals surface area contributed by atoms with Crippen LogP contribution in [0.3, 0.4) is 0 Å². The summed E-state index contributed by atoms with van der Waals surface area (Å²) in [5.41, 5.74) is 6.76. The SMILES string of the molecule is NC1CCCN(c2ccc(I)cc2[N+](=O)[O-])C1. The van der Waals surface area contributed by atoms with Crippen LogP contribution in [0, 0.1) is 13.7 Å². The van der Waals surface area contributed by atoms with Gasteiger partial charge < -0.3 is 10.6 Å². The molecule has 5 nitrogen and oxygen atoms in total. The van der Waals surface area contributed by atoms with E-state index in [9.17, 15) is 10.1 Å². The molecule has 17 heavy (non-hydrogen) atoms. The summed E-state index contributed by atoms with van der Waals surface area (Å²) in [5, 5.41) is 11.0. The molecular weight excluding hydrogens is 333 g/mol. The zero-order valence-electron chi connectivity index (χ0n) is 9.30. The Bertz CT molecular complexity index is 439. The summed E-state index contributed by atoms with van der Waals surface area (Å²) < 4.78 is 0.874. The molecule has 2 N–H and O–H groups in total. The number of rotatable bonds is 2. The van der Waals surface area contributed by atoms with Crippen molar-refractivity contribution in [3.05, 3.63) is 31.9 Å². The maximum absolute atomic E-state index is 11.0. The molecule has 0 saturated carbocycles. The molecule has 0 radical (unpaired) electrons. The van der Waals surface area contributed by atoms with Crippen molar-refractivity contribution >= 4 is 34.0 Å². The molecule has 6 heteroatoms. The maximum Gasteiger partial charge on any atom is 0.293 e. The first kappa shape index (κ1) is 12.6. The van der Waals surface area contributed by atoms with E-state index in [1.165, 1.54) is 0 Å². The van der Waals surface area contributed by atoms with Crippen molar-refractivity contribution in [2.45, 2.75) is 18.9 Å². The Balaban J connectivity index is 2.33. The van der Waals surface area contributed by atoms with Gasteiger partial charge in [-0.15, -0.1) is 0 Å². The molecule has 1 atom stereocenters. The molecule has 0 aliphatic carbocycles. The lowest BCUT2D eigenvalue weighted by molar-refractivity contribution is -0.384. The van der Waals surface area contributed by atoms with Gasteiger partial charge in [0.15, 0.2) is 0 Å². The van der Waals surface area contributed by atoms with E-state index in [4.69, 9.17) is 5.73 Å². The van der Waals surface area contributed by atoms with Crippen LogP contribution in [0.5, 0.6) is 0 Å². The van der Waals surface area contributed by atoms with E-state index in [2.05, 4.69) is 22.6 Å². The topological polar surface area (TPSA) is 72.4 Å². The van der Waals surface area contributed by atoms with Gasteiger partial charge in [0.25, 0.3) is 5.69 Å². The second-order valence-electron chi connectivity index (χ2n) is 4.24. The second kappa shape index (κ2) is 5.18. The molecule has 0 spiro atoms. The summed E-state index contributed by atoms with van der Waals surface area (Å²) in [4.78, 5) is 12.7. The lowest BCUT2D eigenvalue weighted by Gasteiger charge is -2.32. The Kier molecular flexibility index (Phi) is 3.82. The Morgan fingerprint density at radius 1 is 1.53 bits per heavy atom. The van der Waals surface area contributed by atoms with Crippen LogP contribution >= 0.6 is 22.6 Å². The van der Waals surface area contributed by atoms with Crippen LogP contribution in [0.2, 0.25) is 0 Å². The molecule has 1 aromatic rings. The first-order chi connectivity index (χ1) is 8.08. The van der Waals surface area contributed by atoms with Crippen LogP contribution in [0.4, 0.5) is 11.4 Å². The number of hydrogen-bond acceptors (Lipinski definition) is 4. The highest BCUT2D eigenvalue weighted by molar-refractivity contribution is 14.1. The predicted octanol–water partition coefficient (Wildman–Crippen LogP) is 2.13. The summed E-state index contributed by atoms with van der Waals surface area (Å²) in [6.45, 7) is 1.54. The molecule has 1 aromatic carbocycles. The Labute approximate surface area is 113 Å². The fourth-order valence-electron chi connectivity index (χ4n) is 2.14. The summed E-state index contributed by atoms with van der Waals surface area (Å²) in [6.07, 6.45) is 1.99. The largest absolute Gasteiger partial charge is 0.364 e. The number of anilines is 1. The van der Waals surface area contributed by atoms with Crippen LogP contribution in [-0.4, -0.2) is 24.1 Å². The fraction of sp³-hybridized carbons (Fsp3) is 0.455.